The summed E-state index contributed by atoms with van der Waals surface area (Å²) in [4.78, 5) is 36.4. The number of halogens is 2. The van der Waals surface area contributed by atoms with Crippen LogP contribution in [0.3, 0.4) is 0 Å². The SMILES string of the molecule is O=C(Nc1cn(CC(=O)N2CCC(CN3CCOCC3)CC2)nc1-c1cc(SC2CC2)ccc1OC(F)F)c1cnn2cccnc12. The van der Waals surface area contributed by atoms with Gasteiger partial charge in [-0.2, -0.15) is 19.0 Å². The van der Waals surface area contributed by atoms with E-state index in [1.807, 2.05) is 4.90 Å². The lowest BCUT2D eigenvalue weighted by atomic mass is 9.96. The zero-order valence-electron chi connectivity index (χ0n) is 25.8. The Labute approximate surface area is 274 Å². The van der Waals surface area contributed by atoms with Crippen molar-refractivity contribution in [1.29, 1.82) is 0 Å². The normalized spacial score (nSPS) is 17.8. The van der Waals surface area contributed by atoms with Crippen LogP contribution in [0.2, 0.25) is 0 Å². The number of amides is 2. The van der Waals surface area contributed by atoms with E-state index in [9.17, 15) is 18.4 Å². The van der Waals surface area contributed by atoms with Gasteiger partial charge in [0.1, 0.15) is 23.6 Å². The standard InChI is InChI=1S/C32H36F2N8O4S/c33-32(34)46-27-5-4-23(47-22-2-3-22)16-24(27)29-26(37-31(44)25-17-36-42-9-1-8-35-30(25)42)19-41(38-29)20-28(43)40-10-6-21(7-11-40)18-39-12-14-45-15-13-39/h1,4-5,8-9,16-17,19,21-22,32H,2-3,6-7,10-15,18,20H2,(H,37,44). The lowest BCUT2D eigenvalue weighted by Gasteiger charge is -2.36. The predicted molar refractivity (Wildman–Crippen MR) is 171 cm³/mol. The number of ether oxygens (including phenoxy) is 2. The summed E-state index contributed by atoms with van der Waals surface area (Å²) in [5, 5.41) is 12.2. The Kier molecular flexibility index (Phi) is 9.36. The van der Waals surface area contributed by atoms with Crippen LogP contribution in [-0.4, -0.2) is 104 Å². The summed E-state index contributed by atoms with van der Waals surface area (Å²) in [6.07, 6.45) is 10.2. The molecule has 1 saturated carbocycles. The number of alkyl halides is 2. The van der Waals surface area contributed by atoms with Crippen molar-refractivity contribution in [3.63, 3.8) is 0 Å². The van der Waals surface area contributed by atoms with Crippen LogP contribution in [0, 0.1) is 5.92 Å². The number of nitrogens with zero attached hydrogens (tertiary/aromatic N) is 7. The molecule has 3 aromatic heterocycles. The fourth-order valence-electron chi connectivity index (χ4n) is 6.07. The van der Waals surface area contributed by atoms with Gasteiger partial charge in [-0.15, -0.1) is 11.8 Å². The summed E-state index contributed by atoms with van der Waals surface area (Å²) in [6, 6.07) is 6.69. The van der Waals surface area contributed by atoms with Crippen molar-refractivity contribution in [3.05, 3.63) is 54.6 Å². The predicted octanol–water partition coefficient (Wildman–Crippen LogP) is 4.27. The molecule has 3 fully saturated rings. The van der Waals surface area contributed by atoms with Crippen molar-refractivity contribution in [2.45, 2.75) is 49.0 Å². The molecule has 1 N–H and O–H groups in total. The second-order valence-electron chi connectivity index (χ2n) is 12.1. The summed E-state index contributed by atoms with van der Waals surface area (Å²) >= 11 is 1.66. The summed E-state index contributed by atoms with van der Waals surface area (Å²) in [5.41, 5.74) is 1.33. The van der Waals surface area contributed by atoms with Crippen LogP contribution in [-0.2, 0) is 16.1 Å². The Morgan fingerprint density at radius 2 is 1.91 bits per heavy atom. The molecule has 0 unspecified atom stereocenters. The molecule has 2 amide bonds. The molecule has 47 heavy (non-hydrogen) atoms. The van der Waals surface area contributed by atoms with Crippen molar-refractivity contribution < 1.29 is 27.8 Å². The number of rotatable bonds is 11. The van der Waals surface area contributed by atoms with Crippen molar-refractivity contribution >= 4 is 34.9 Å². The third-order valence-corrected chi connectivity index (χ3v) is 10.00. The van der Waals surface area contributed by atoms with E-state index in [4.69, 9.17) is 9.47 Å². The molecule has 12 nitrogen and oxygen atoms in total. The highest BCUT2D eigenvalue weighted by molar-refractivity contribution is 8.00. The van der Waals surface area contributed by atoms with Crippen LogP contribution in [0.5, 0.6) is 5.75 Å². The molecule has 0 atom stereocenters. The highest BCUT2D eigenvalue weighted by atomic mass is 32.2. The first-order chi connectivity index (χ1) is 22.9. The maximum atomic E-state index is 13.5. The molecule has 0 spiro atoms. The Morgan fingerprint density at radius 1 is 1.11 bits per heavy atom. The number of carbonyl (C=O) groups is 2. The second kappa shape index (κ2) is 14.0. The third kappa shape index (κ3) is 7.57. The monoisotopic (exact) mass is 666 g/mol. The first kappa shape index (κ1) is 31.5. The van der Waals surface area contributed by atoms with Gasteiger partial charge in [-0.05, 0) is 55.9 Å². The van der Waals surface area contributed by atoms with E-state index in [1.165, 1.54) is 21.5 Å². The molecule has 248 valence electrons. The van der Waals surface area contributed by atoms with E-state index >= 15 is 0 Å². The quantitative estimate of drug-likeness (QED) is 0.250. The Balaban J connectivity index is 1.13. The largest absolute Gasteiger partial charge is 0.434 e. The Morgan fingerprint density at radius 3 is 2.68 bits per heavy atom. The summed E-state index contributed by atoms with van der Waals surface area (Å²) < 4.78 is 40.4. The van der Waals surface area contributed by atoms with Gasteiger partial charge in [0.05, 0.1) is 25.1 Å². The lowest BCUT2D eigenvalue weighted by molar-refractivity contribution is -0.133. The van der Waals surface area contributed by atoms with Gasteiger partial charge < -0.3 is 19.7 Å². The molecule has 5 heterocycles. The van der Waals surface area contributed by atoms with Crippen molar-refractivity contribution in [2.75, 3.05) is 51.3 Å². The van der Waals surface area contributed by atoms with Gasteiger partial charge in [-0.3, -0.25) is 19.2 Å². The number of thioether (sulfide) groups is 1. The Hall–Kier alpha value is -4.08. The fourth-order valence-corrected chi connectivity index (χ4v) is 7.16. The van der Waals surface area contributed by atoms with Gasteiger partial charge in [0, 0.05) is 67.0 Å². The lowest BCUT2D eigenvalue weighted by Crippen LogP contribution is -2.45. The topological polar surface area (TPSA) is 119 Å². The van der Waals surface area contributed by atoms with E-state index < -0.39 is 12.5 Å². The number of aromatic nitrogens is 5. The number of likely N-dealkylation sites (tertiary alicyclic amines) is 1. The number of piperidine rings is 1. The molecular formula is C32H36F2N8O4S. The molecule has 2 saturated heterocycles. The van der Waals surface area contributed by atoms with Crippen molar-refractivity contribution in [3.8, 4) is 17.0 Å². The molecule has 1 aromatic carbocycles. The molecule has 7 rings (SSSR count). The zero-order valence-corrected chi connectivity index (χ0v) is 26.6. The molecule has 3 aliphatic rings. The minimum Gasteiger partial charge on any atom is -0.434 e. The summed E-state index contributed by atoms with van der Waals surface area (Å²) in [7, 11) is 0. The van der Waals surface area contributed by atoms with E-state index in [0.717, 1.165) is 63.4 Å². The number of morpholine rings is 1. The molecule has 15 heteroatoms. The van der Waals surface area contributed by atoms with Crippen LogP contribution in [0.15, 0.2) is 53.9 Å². The minimum absolute atomic E-state index is 0.0726. The van der Waals surface area contributed by atoms with E-state index in [1.54, 1.807) is 48.6 Å². The number of anilines is 1. The maximum absolute atomic E-state index is 13.5. The molecule has 4 aromatic rings. The highest BCUT2D eigenvalue weighted by Gasteiger charge is 2.28. The van der Waals surface area contributed by atoms with Crippen LogP contribution < -0.4 is 10.1 Å². The van der Waals surface area contributed by atoms with Crippen molar-refractivity contribution in [2.24, 2.45) is 5.92 Å². The zero-order chi connectivity index (χ0) is 32.3. The number of hydrogen-bond acceptors (Lipinski definition) is 9. The minimum atomic E-state index is -3.06. The van der Waals surface area contributed by atoms with Crippen LogP contribution >= 0.6 is 11.8 Å². The third-order valence-electron chi connectivity index (χ3n) is 8.67. The summed E-state index contributed by atoms with van der Waals surface area (Å²) in [5.74, 6) is -0.158. The molecule has 1 aliphatic carbocycles. The number of fused-ring (bicyclic) bond motifs is 1. The van der Waals surface area contributed by atoms with E-state index in [2.05, 4.69) is 25.4 Å². The fraction of sp³-hybridized carbons (Fsp3) is 0.469. The second-order valence-corrected chi connectivity index (χ2v) is 13.5. The summed E-state index contributed by atoms with van der Waals surface area (Å²) in [6.45, 7) is 2.60. The van der Waals surface area contributed by atoms with Crippen LogP contribution in [0.25, 0.3) is 16.9 Å². The number of benzene rings is 1. The van der Waals surface area contributed by atoms with E-state index in [0.29, 0.717) is 35.5 Å². The van der Waals surface area contributed by atoms with Gasteiger partial charge in [-0.1, -0.05) is 0 Å². The first-order valence-corrected chi connectivity index (χ1v) is 16.8. The van der Waals surface area contributed by atoms with Crippen molar-refractivity contribution in [1.82, 2.24) is 34.2 Å². The number of carbonyl (C=O) groups excluding carboxylic acids is 2. The van der Waals surface area contributed by atoms with Gasteiger partial charge in [0.2, 0.25) is 5.91 Å². The highest BCUT2D eigenvalue weighted by Crippen LogP contribution is 2.43. The average Bonchev–Trinajstić information content (AvgIpc) is 3.64. The maximum Gasteiger partial charge on any atom is 0.387 e. The van der Waals surface area contributed by atoms with Crippen LogP contribution in [0.4, 0.5) is 14.5 Å². The van der Waals surface area contributed by atoms with Gasteiger partial charge >= 0.3 is 6.61 Å². The molecule has 2 aliphatic heterocycles. The van der Waals surface area contributed by atoms with Gasteiger partial charge in [0.15, 0.2) is 5.65 Å². The molecular weight excluding hydrogens is 630 g/mol. The molecule has 0 bridgehead atoms. The number of nitrogens with one attached hydrogen (secondary N) is 1. The van der Waals surface area contributed by atoms with Gasteiger partial charge in [-0.25, -0.2) is 9.50 Å². The van der Waals surface area contributed by atoms with E-state index in [-0.39, 0.29) is 35.1 Å². The molecule has 0 radical (unpaired) electrons. The smallest absolute Gasteiger partial charge is 0.387 e. The first-order valence-electron chi connectivity index (χ1n) is 15.9. The average molecular weight is 667 g/mol. The van der Waals surface area contributed by atoms with Gasteiger partial charge in [0.25, 0.3) is 5.91 Å². The van der Waals surface area contributed by atoms with Crippen LogP contribution in [0.1, 0.15) is 36.0 Å². The Bertz CT molecular complexity index is 1730. The number of hydrogen-bond donors (Lipinski definition) is 1.